The average Bonchev–Trinajstić information content (AvgIpc) is 2.31. The molecule has 0 unspecified atom stereocenters. The standard InChI is InChI=1S/C16H22F3NO/c1-10(2)20-13-6-12(7-13)9-21-14-5-4-11(3)15(8-14)16(17,18)19/h4-5,8,10,12-13,20H,6-7,9H2,1-3H3. The van der Waals surface area contributed by atoms with Crippen LogP contribution in [-0.2, 0) is 6.18 Å². The number of benzene rings is 1. The number of rotatable bonds is 5. The molecule has 2 rings (SSSR count). The first-order valence-corrected chi connectivity index (χ1v) is 7.32. The summed E-state index contributed by atoms with van der Waals surface area (Å²) in [7, 11) is 0. The predicted octanol–water partition coefficient (Wildman–Crippen LogP) is 4.17. The number of hydrogen-bond acceptors (Lipinski definition) is 2. The van der Waals surface area contributed by atoms with E-state index >= 15 is 0 Å². The molecule has 0 spiro atoms. The molecule has 1 aromatic carbocycles. The Morgan fingerprint density at radius 1 is 1.29 bits per heavy atom. The van der Waals surface area contributed by atoms with Gasteiger partial charge >= 0.3 is 6.18 Å². The number of nitrogens with one attached hydrogen (secondary N) is 1. The van der Waals surface area contributed by atoms with E-state index in [-0.39, 0.29) is 5.56 Å². The molecule has 5 heteroatoms. The third-order valence-corrected chi connectivity index (χ3v) is 3.80. The van der Waals surface area contributed by atoms with Crippen LogP contribution in [0.15, 0.2) is 18.2 Å². The van der Waals surface area contributed by atoms with E-state index in [1.54, 1.807) is 6.07 Å². The minimum atomic E-state index is -4.33. The first-order chi connectivity index (χ1) is 9.75. The van der Waals surface area contributed by atoms with Crippen LogP contribution in [0.4, 0.5) is 13.2 Å². The maximum absolute atomic E-state index is 12.8. The van der Waals surface area contributed by atoms with E-state index < -0.39 is 11.7 Å². The van der Waals surface area contributed by atoms with Gasteiger partial charge in [-0.3, -0.25) is 0 Å². The fourth-order valence-electron chi connectivity index (χ4n) is 2.69. The maximum atomic E-state index is 12.8. The van der Waals surface area contributed by atoms with Crippen molar-refractivity contribution in [1.29, 1.82) is 0 Å². The van der Waals surface area contributed by atoms with Crippen LogP contribution in [0.1, 0.15) is 37.8 Å². The molecule has 21 heavy (non-hydrogen) atoms. The van der Waals surface area contributed by atoms with Gasteiger partial charge in [0.25, 0.3) is 0 Å². The van der Waals surface area contributed by atoms with E-state index in [1.165, 1.54) is 13.0 Å². The second kappa shape index (κ2) is 6.26. The molecule has 1 aliphatic rings. The van der Waals surface area contributed by atoms with E-state index in [0.717, 1.165) is 18.9 Å². The maximum Gasteiger partial charge on any atom is 0.416 e. The van der Waals surface area contributed by atoms with Gasteiger partial charge < -0.3 is 10.1 Å². The molecule has 0 saturated heterocycles. The quantitative estimate of drug-likeness (QED) is 0.881. The van der Waals surface area contributed by atoms with Crippen molar-refractivity contribution in [3.63, 3.8) is 0 Å². The van der Waals surface area contributed by atoms with Crippen LogP contribution in [0.25, 0.3) is 0 Å². The van der Waals surface area contributed by atoms with Gasteiger partial charge in [-0.2, -0.15) is 13.2 Å². The van der Waals surface area contributed by atoms with E-state index in [4.69, 9.17) is 4.74 Å². The summed E-state index contributed by atoms with van der Waals surface area (Å²) in [4.78, 5) is 0. The zero-order valence-electron chi connectivity index (χ0n) is 12.6. The number of alkyl halides is 3. The Labute approximate surface area is 123 Å². The molecule has 0 bridgehead atoms. The Balaban J connectivity index is 1.85. The van der Waals surface area contributed by atoms with Crippen LogP contribution in [0.5, 0.6) is 5.75 Å². The van der Waals surface area contributed by atoms with E-state index in [9.17, 15) is 13.2 Å². The van der Waals surface area contributed by atoms with Gasteiger partial charge in [-0.25, -0.2) is 0 Å². The monoisotopic (exact) mass is 301 g/mol. The second-order valence-electron chi connectivity index (χ2n) is 6.14. The van der Waals surface area contributed by atoms with Crippen molar-refractivity contribution < 1.29 is 17.9 Å². The topological polar surface area (TPSA) is 21.3 Å². The molecule has 0 heterocycles. The van der Waals surface area contributed by atoms with Gasteiger partial charge in [-0.15, -0.1) is 0 Å². The third kappa shape index (κ3) is 4.37. The molecule has 0 radical (unpaired) electrons. The van der Waals surface area contributed by atoms with E-state index in [2.05, 4.69) is 19.2 Å². The van der Waals surface area contributed by atoms with Crippen LogP contribution in [0.3, 0.4) is 0 Å². The lowest BCUT2D eigenvalue weighted by Crippen LogP contribution is -2.46. The smallest absolute Gasteiger partial charge is 0.416 e. The Hall–Kier alpha value is -1.23. The fourth-order valence-corrected chi connectivity index (χ4v) is 2.69. The zero-order valence-corrected chi connectivity index (χ0v) is 12.6. The Morgan fingerprint density at radius 3 is 2.52 bits per heavy atom. The highest BCUT2D eigenvalue weighted by Gasteiger charge is 2.33. The summed E-state index contributed by atoms with van der Waals surface area (Å²) in [6.07, 6.45) is -2.28. The minimum absolute atomic E-state index is 0.222. The zero-order chi connectivity index (χ0) is 15.6. The molecule has 1 N–H and O–H groups in total. The van der Waals surface area contributed by atoms with Gasteiger partial charge in [0.05, 0.1) is 12.2 Å². The number of aryl methyl sites for hydroxylation is 1. The van der Waals surface area contributed by atoms with Crippen molar-refractivity contribution in [3.05, 3.63) is 29.3 Å². The molecule has 0 aromatic heterocycles. The number of hydrogen-bond donors (Lipinski definition) is 1. The highest BCUT2D eigenvalue weighted by atomic mass is 19.4. The summed E-state index contributed by atoms with van der Waals surface area (Å²) in [5.74, 6) is 0.727. The van der Waals surface area contributed by atoms with Crippen LogP contribution >= 0.6 is 0 Å². The van der Waals surface area contributed by atoms with Crippen molar-refractivity contribution in [1.82, 2.24) is 5.32 Å². The lowest BCUT2D eigenvalue weighted by atomic mass is 9.80. The molecule has 0 atom stereocenters. The summed E-state index contributed by atoms with van der Waals surface area (Å²) in [5, 5.41) is 3.44. The normalized spacial score (nSPS) is 22.2. The molecular weight excluding hydrogens is 279 g/mol. The van der Waals surface area contributed by atoms with Gasteiger partial charge in [0.1, 0.15) is 5.75 Å². The van der Waals surface area contributed by atoms with Crippen LogP contribution < -0.4 is 10.1 Å². The fraction of sp³-hybridized carbons (Fsp3) is 0.625. The number of halogens is 3. The van der Waals surface area contributed by atoms with Crippen molar-refractivity contribution >= 4 is 0 Å². The predicted molar refractivity (Wildman–Crippen MR) is 76.5 cm³/mol. The molecular formula is C16H22F3NO. The minimum Gasteiger partial charge on any atom is -0.493 e. The average molecular weight is 301 g/mol. The molecule has 118 valence electrons. The Morgan fingerprint density at radius 2 is 1.95 bits per heavy atom. The van der Waals surface area contributed by atoms with Crippen LogP contribution in [0.2, 0.25) is 0 Å². The van der Waals surface area contributed by atoms with Gasteiger partial charge in [-0.05, 0) is 43.4 Å². The largest absolute Gasteiger partial charge is 0.493 e. The van der Waals surface area contributed by atoms with Crippen molar-refractivity contribution in [2.24, 2.45) is 5.92 Å². The summed E-state index contributed by atoms with van der Waals surface area (Å²) >= 11 is 0. The molecule has 0 aliphatic heterocycles. The van der Waals surface area contributed by atoms with Crippen molar-refractivity contribution in [2.75, 3.05) is 6.61 Å². The van der Waals surface area contributed by atoms with Crippen molar-refractivity contribution in [2.45, 2.75) is 51.9 Å². The lowest BCUT2D eigenvalue weighted by molar-refractivity contribution is -0.138. The molecule has 1 aliphatic carbocycles. The summed E-state index contributed by atoms with van der Waals surface area (Å²) in [5.41, 5.74) is -0.396. The Kier molecular flexibility index (Phi) is 4.81. The summed E-state index contributed by atoms with van der Waals surface area (Å²) < 4.78 is 44.0. The third-order valence-electron chi connectivity index (χ3n) is 3.80. The highest BCUT2D eigenvalue weighted by Crippen LogP contribution is 2.35. The van der Waals surface area contributed by atoms with Gasteiger partial charge in [0, 0.05) is 12.1 Å². The van der Waals surface area contributed by atoms with Crippen LogP contribution in [-0.4, -0.2) is 18.7 Å². The summed E-state index contributed by atoms with van der Waals surface area (Å²) in [6, 6.07) is 5.14. The molecule has 1 aromatic rings. The van der Waals surface area contributed by atoms with E-state index in [1.807, 2.05) is 0 Å². The second-order valence-corrected chi connectivity index (χ2v) is 6.14. The molecule has 1 fully saturated rings. The van der Waals surface area contributed by atoms with Gasteiger partial charge in [0.2, 0.25) is 0 Å². The van der Waals surface area contributed by atoms with E-state index in [0.29, 0.717) is 30.4 Å². The molecule has 2 nitrogen and oxygen atoms in total. The lowest BCUT2D eigenvalue weighted by Gasteiger charge is -2.37. The highest BCUT2D eigenvalue weighted by molar-refractivity contribution is 5.36. The van der Waals surface area contributed by atoms with Gasteiger partial charge in [-0.1, -0.05) is 19.9 Å². The van der Waals surface area contributed by atoms with Gasteiger partial charge in [0.15, 0.2) is 0 Å². The SMILES string of the molecule is Cc1ccc(OCC2CC(NC(C)C)C2)cc1C(F)(F)F. The Bertz CT molecular complexity index is 479. The number of ether oxygens (including phenoxy) is 1. The van der Waals surface area contributed by atoms with Crippen LogP contribution in [0, 0.1) is 12.8 Å². The molecule has 0 amide bonds. The first-order valence-electron chi connectivity index (χ1n) is 7.32. The molecule has 1 saturated carbocycles. The summed E-state index contributed by atoms with van der Waals surface area (Å²) in [6.45, 7) is 6.15. The van der Waals surface area contributed by atoms with Crippen molar-refractivity contribution in [3.8, 4) is 5.75 Å². The first kappa shape index (κ1) is 16.1.